The number of nitrogens with one attached hydrogen (secondary N) is 1. The summed E-state index contributed by atoms with van der Waals surface area (Å²) in [5.41, 5.74) is 9.75. The van der Waals surface area contributed by atoms with Crippen LogP contribution >= 0.6 is 24.0 Å². The molecular weight excluding hydrogens is 451 g/mol. The Morgan fingerprint density at radius 3 is 2.81 bits per heavy atom. The van der Waals surface area contributed by atoms with Crippen LogP contribution in [0.25, 0.3) is 0 Å². The van der Waals surface area contributed by atoms with Gasteiger partial charge < -0.3 is 20.7 Å². The topological polar surface area (TPSA) is 62.9 Å². The highest BCUT2D eigenvalue weighted by molar-refractivity contribution is 14.0. The van der Waals surface area contributed by atoms with Crippen LogP contribution in [0, 0.1) is 0 Å². The minimum Gasteiger partial charge on any atom is -0.493 e. The van der Waals surface area contributed by atoms with Crippen LogP contribution in [0.15, 0.2) is 53.5 Å². The largest absolute Gasteiger partial charge is 0.493 e. The van der Waals surface area contributed by atoms with E-state index in [4.69, 9.17) is 10.5 Å². The van der Waals surface area contributed by atoms with Crippen molar-refractivity contribution in [2.75, 3.05) is 20.2 Å². The van der Waals surface area contributed by atoms with Crippen LogP contribution < -0.4 is 15.8 Å². The van der Waals surface area contributed by atoms with E-state index in [-0.39, 0.29) is 30.0 Å². The lowest BCUT2D eigenvalue weighted by atomic mass is 10.0. The number of para-hydroxylation sites is 1. The molecule has 0 radical (unpaired) electrons. The highest BCUT2D eigenvalue weighted by atomic mass is 127. The van der Waals surface area contributed by atoms with Gasteiger partial charge in [-0.3, -0.25) is 0 Å². The van der Waals surface area contributed by atoms with Gasteiger partial charge in [-0.05, 0) is 30.8 Å². The molecule has 1 unspecified atom stereocenters. The summed E-state index contributed by atoms with van der Waals surface area (Å²) < 4.78 is 5.69. The number of halogens is 1. The first kappa shape index (κ1) is 21.5. The van der Waals surface area contributed by atoms with E-state index in [0.29, 0.717) is 19.1 Å². The Kier molecular flexibility index (Phi) is 8.37. The van der Waals surface area contributed by atoms with Gasteiger partial charge in [0.15, 0.2) is 5.96 Å². The molecule has 1 aliphatic rings. The molecule has 1 atom stereocenters. The Morgan fingerprint density at radius 2 is 2.00 bits per heavy atom. The Balaban J connectivity index is 0.00000261. The van der Waals surface area contributed by atoms with E-state index < -0.39 is 0 Å². The van der Waals surface area contributed by atoms with Gasteiger partial charge in [-0.1, -0.05) is 49.4 Å². The maximum Gasteiger partial charge on any atom is 0.189 e. The number of nitrogens with zero attached hydrogens (tertiary/aromatic N) is 2. The molecule has 5 nitrogen and oxygen atoms in total. The summed E-state index contributed by atoms with van der Waals surface area (Å²) >= 11 is 0. The molecule has 0 saturated heterocycles. The summed E-state index contributed by atoms with van der Waals surface area (Å²) in [6.07, 6.45) is 0.881. The fourth-order valence-corrected chi connectivity index (χ4v) is 3.14. The van der Waals surface area contributed by atoms with E-state index in [0.717, 1.165) is 30.8 Å². The van der Waals surface area contributed by atoms with Gasteiger partial charge in [0.2, 0.25) is 0 Å². The van der Waals surface area contributed by atoms with Crippen molar-refractivity contribution in [1.82, 2.24) is 10.2 Å². The highest BCUT2D eigenvalue weighted by Crippen LogP contribution is 2.31. The zero-order valence-electron chi connectivity index (χ0n) is 16.0. The summed E-state index contributed by atoms with van der Waals surface area (Å²) in [4.78, 5) is 6.81. The van der Waals surface area contributed by atoms with Crippen LogP contribution in [0.2, 0.25) is 0 Å². The van der Waals surface area contributed by atoms with Crippen LogP contribution in [0.1, 0.15) is 36.1 Å². The molecule has 0 spiro atoms. The number of guanidine groups is 1. The summed E-state index contributed by atoms with van der Waals surface area (Å²) in [7, 11) is 2.12. The van der Waals surface area contributed by atoms with Crippen molar-refractivity contribution >= 4 is 29.9 Å². The highest BCUT2D eigenvalue weighted by Gasteiger charge is 2.21. The van der Waals surface area contributed by atoms with Gasteiger partial charge >= 0.3 is 0 Å². The van der Waals surface area contributed by atoms with Crippen molar-refractivity contribution in [1.29, 1.82) is 0 Å². The van der Waals surface area contributed by atoms with E-state index in [9.17, 15) is 0 Å². The third-order valence-corrected chi connectivity index (χ3v) is 4.70. The smallest absolute Gasteiger partial charge is 0.189 e. The van der Waals surface area contributed by atoms with Crippen molar-refractivity contribution < 1.29 is 4.74 Å². The molecule has 0 saturated carbocycles. The number of hydrogen-bond acceptors (Lipinski definition) is 3. The zero-order valence-corrected chi connectivity index (χ0v) is 18.4. The SMILES string of the molecule is CCN(C)Cc1cccc(CN=C(N)NC2CCOc3ccccc32)c1.I. The first-order valence-electron chi connectivity index (χ1n) is 9.20. The van der Waals surface area contributed by atoms with Gasteiger partial charge in [0.25, 0.3) is 0 Å². The fraction of sp³-hybridized carbons (Fsp3) is 0.381. The molecule has 1 aliphatic heterocycles. The average molecular weight is 480 g/mol. The zero-order chi connectivity index (χ0) is 18.4. The fourth-order valence-electron chi connectivity index (χ4n) is 3.14. The summed E-state index contributed by atoms with van der Waals surface area (Å²) in [6, 6.07) is 16.8. The minimum atomic E-state index is 0. The molecule has 146 valence electrons. The van der Waals surface area contributed by atoms with Gasteiger partial charge in [-0.15, -0.1) is 24.0 Å². The number of nitrogens with two attached hydrogens (primary N) is 1. The van der Waals surface area contributed by atoms with Crippen molar-refractivity contribution in [2.45, 2.75) is 32.5 Å². The number of benzene rings is 2. The number of ether oxygens (including phenoxy) is 1. The van der Waals surface area contributed by atoms with E-state index >= 15 is 0 Å². The lowest BCUT2D eigenvalue weighted by Gasteiger charge is -2.26. The molecule has 27 heavy (non-hydrogen) atoms. The Bertz CT molecular complexity index is 765. The van der Waals surface area contributed by atoms with E-state index in [1.165, 1.54) is 11.1 Å². The molecule has 0 bridgehead atoms. The van der Waals surface area contributed by atoms with Gasteiger partial charge in [0.05, 0.1) is 19.2 Å². The van der Waals surface area contributed by atoms with Crippen molar-refractivity contribution in [2.24, 2.45) is 10.7 Å². The van der Waals surface area contributed by atoms with Crippen molar-refractivity contribution in [3.8, 4) is 5.75 Å². The number of fused-ring (bicyclic) bond motifs is 1. The maximum absolute atomic E-state index is 6.14. The standard InChI is InChI=1S/C21H28N4O.HI/c1-3-25(2)15-17-8-6-7-16(13-17)14-23-21(22)24-19-11-12-26-20-10-5-4-9-18(19)20;/h4-10,13,19H,3,11-12,14-15H2,1-2H3,(H3,22,23,24);1H. The van der Waals surface area contributed by atoms with Crippen molar-refractivity contribution in [3.63, 3.8) is 0 Å². The summed E-state index contributed by atoms with van der Waals surface area (Å²) in [5.74, 6) is 1.40. The predicted molar refractivity (Wildman–Crippen MR) is 122 cm³/mol. The normalized spacial score (nSPS) is 16.3. The molecule has 1 heterocycles. The van der Waals surface area contributed by atoms with Crippen LogP contribution in [-0.2, 0) is 13.1 Å². The predicted octanol–water partition coefficient (Wildman–Crippen LogP) is 3.68. The number of hydrogen-bond donors (Lipinski definition) is 2. The third kappa shape index (κ3) is 6.10. The Hall–Kier alpha value is -1.80. The molecule has 0 aliphatic carbocycles. The second-order valence-corrected chi connectivity index (χ2v) is 6.72. The van der Waals surface area contributed by atoms with E-state index in [1.54, 1.807) is 0 Å². The van der Waals surface area contributed by atoms with Crippen LogP contribution in [-0.4, -0.2) is 31.1 Å². The molecule has 0 amide bonds. The van der Waals surface area contributed by atoms with E-state index in [1.807, 2.05) is 18.2 Å². The number of aliphatic imine (C=N–C) groups is 1. The minimum absolute atomic E-state index is 0. The quantitative estimate of drug-likeness (QED) is 0.376. The van der Waals surface area contributed by atoms with E-state index in [2.05, 4.69) is 59.5 Å². The first-order chi connectivity index (χ1) is 12.7. The van der Waals surface area contributed by atoms with Crippen LogP contribution in [0.3, 0.4) is 0 Å². The van der Waals surface area contributed by atoms with Gasteiger partial charge in [-0.25, -0.2) is 4.99 Å². The second kappa shape index (κ2) is 10.5. The van der Waals surface area contributed by atoms with Gasteiger partial charge in [-0.2, -0.15) is 0 Å². The molecule has 0 aromatic heterocycles. The molecule has 2 aromatic rings. The molecule has 6 heteroatoms. The lowest BCUT2D eigenvalue weighted by Crippen LogP contribution is -2.37. The van der Waals surface area contributed by atoms with Crippen molar-refractivity contribution in [3.05, 3.63) is 65.2 Å². The summed E-state index contributed by atoms with van der Waals surface area (Å²) in [6.45, 7) is 5.41. The molecule has 2 aromatic carbocycles. The Morgan fingerprint density at radius 1 is 1.22 bits per heavy atom. The van der Waals surface area contributed by atoms with Crippen LogP contribution in [0.5, 0.6) is 5.75 Å². The molecule has 0 fully saturated rings. The molecular formula is C21H29IN4O. The lowest BCUT2D eigenvalue weighted by molar-refractivity contribution is 0.262. The maximum atomic E-state index is 6.14. The summed E-state index contributed by atoms with van der Waals surface area (Å²) in [5, 5.41) is 3.34. The number of rotatable bonds is 6. The Labute approximate surface area is 179 Å². The first-order valence-corrected chi connectivity index (χ1v) is 9.20. The third-order valence-electron chi connectivity index (χ3n) is 4.70. The monoisotopic (exact) mass is 480 g/mol. The van der Waals surface area contributed by atoms with Gasteiger partial charge in [0, 0.05) is 18.5 Å². The van der Waals surface area contributed by atoms with Gasteiger partial charge in [0.1, 0.15) is 5.75 Å². The molecule has 3 rings (SSSR count). The second-order valence-electron chi connectivity index (χ2n) is 6.72. The average Bonchev–Trinajstić information content (AvgIpc) is 2.67. The molecule has 3 N–H and O–H groups in total. The van der Waals surface area contributed by atoms with Crippen LogP contribution in [0.4, 0.5) is 0 Å².